The molecule has 0 spiro atoms. The van der Waals surface area contributed by atoms with Crippen LogP contribution in [0.2, 0.25) is 0 Å². The molecule has 144 valence electrons. The Balaban J connectivity index is 2.41. The number of benzene rings is 2. The monoisotopic (exact) mass is 446 g/mol. The second kappa shape index (κ2) is 8.35. The summed E-state index contributed by atoms with van der Waals surface area (Å²) in [5, 5.41) is 4.66. The van der Waals surface area contributed by atoms with E-state index in [1.54, 1.807) is 30.3 Å². The molecule has 0 saturated carbocycles. The number of aromatic nitrogens is 2. The summed E-state index contributed by atoms with van der Waals surface area (Å²) in [4.78, 5) is 25.1. The number of hydrogen-bond acceptors (Lipinski definition) is 5. The molecular formula is C20H16BrFN2O4. The second-order valence-corrected chi connectivity index (χ2v) is 6.26. The average Bonchev–Trinajstić information content (AvgIpc) is 3.13. The van der Waals surface area contributed by atoms with Crippen molar-refractivity contribution < 1.29 is 23.5 Å². The molecule has 6 nitrogen and oxygen atoms in total. The van der Waals surface area contributed by atoms with Crippen molar-refractivity contribution in [3.63, 3.8) is 0 Å². The first kappa shape index (κ1) is 19.8. The number of nitrogens with zero attached hydrogens (tertiary/aromatic N) is 2. The van der Waals surface area contributed by atoms with Crippen molar-refractivity contribution in [2.45, 2.75) is 5.33 Å². The summed E-state index contributed by atoms with van der Waals surface area (Å²) in [6.45, 7) is 0. The van der Waals surface area contributed by atoms with E-state index in [9.17, 15) is 14.0 Å². The maximum atomic E-state index is 14.3. The minimum Gasteiger partial charge on any atom is -0.465 e. The number of carbonyl (C=O) groups excluding carboxylic acids is 2. The van der Waals surface area contributed by atoms with Gasteiger partial charge in [-0.05, 0) is 18.2 Å². The van der Waals surface area contributed by atoms with Gasteiger partial charge >= 0.3 is 11.9 Å². The molecule has 0 aliphatic carbocycles. The minimum atomic E-state index is -0.776. The number of para-hydroxylation sites is 1. The van der Waals surface area contributed by atoms with E-state index in [4.69, 9.17) is 9.47 Å². The van der Waals surface area contributed by atoms with Crippen molar-refractivity contribution >= 4 is 27.9 Å². The van der Waals surface area contributed by atoms with Gasteiger partial charge in [-0.15, -0.1) is 0 Å². The topological polar surface area (TPSA) is 70.4 Å². The summed E-state index contributed by atoms with van der Waals surface area (Å²) in [6.07, 6.45) is 0. The number of carbonyl (C=O) groups is 2. The first-order valence-corrected chi connectivity index (χ1v) is 9.34. The van der Waals surface area contributed by atoms with Gasteiger partial charge in [0.1, 0.15) is 17.1 Å². The van der Waals surface area contributed by atoms with E-state index in [1.807, 2.05) is 6.07 Å². The fraction of sp³-hybridized carbons (Fsp3) is 0.150. The number of alkyl halides is 1. The van der Waals surface area contributed by atoms with Gasteiger partial charge in [-0.1, -0.05) is 46.3 Å². The van der Waals surface area contributed by atoms with Gasteiger partial charge in [0.15, 0.2) is 5.69 Å². The van der Waals surface area contributed by atoms with E-state index in [1.165, 1.54) is 31.0 Å². The third kappa shape index (κ3) is 3.43. The molecule has 1 heterocycles. The normalized spacial score (nSPS) is 10.6. The number of hydrogen-bond donors (Lipinski definition) is 0. The van der Waals surface area contributed by atoms with Crippen molar-refractivity contribution in [1.82, 2.24) is 9.78 Å². The maximum Gasteiger partial charge on any atom is 0.357 e. The third-order valence-corrected chi connectivity index (χ3v) is 4.72. The number of rotatable bonds is 5. The predicted molar refractivity (Wildman–Crippen MR) is 104 cm³/mol. The van der Waals surface area contributed by atoms with Gasteiger partial charge in [0, 0.05) is 16.5 Å². The molecule has 0 N–H and O–H groups in total. The number of methoxy groups -OCH3 is 2. The lowest BCUT2D eigenvalue weighted by atomic mass is 10.0. The summed E-state index contributed by atoms with van der Waals surface area (Å²) in [5.74, 6) is -2.00. The average molecular weight is 447 g/mol. The molecule has 3 rings (SSSR count). The van der Waals surface area contributed by atoms with Gasteiger partial charge in [0.25, 0.3) is 0 Å². The second-order valence-electron chi connectivity index (χ2n) is 5.70. The summed E-state index contributed by atoms with van der Waals surface area (Å²) < 4.78 is 25.4. The number of ether oxygens (including phenoxy) is 2. The summed E-state index contributed by atoms with van der Waals surface area (Å²) >= 11 is 3.27. The highest BCUT2D eigenvalue weighted by atomic mass is 79.9. The fourth-order valence-corrected chi connectivity index (χ4v) is 3.43. The van der Waals surface area contributed by atoms with Gasteiger partial charge in [0.05, 0.1) is 19.9 Å². The standard InChI is InChI=1S/C20H16BrFN2O4/c1-27-19(25)16-17(13-9-6-10-15(22)14(13)11-21)23-24(18(16)20(26)28-2)12-7-4-3-5-8-12/h3-10H,11H2,1-2H3. The van der Waals surface area contributed by atoms with Crippen LogP contribution in [0.5, 0.6) is 0 Å². The van der Waals surface area contributed by atoms with E-state index >= 15 is 0 Å². The lowest BCUT2D eigenvalue weighted by Crippen LogP contribution is -2.15. The first-order valence-electron chi connectivity index (χ1n) is 8.22. The van der Waals surface area contributed by atoms with Crippen molar-refractivity contribution in [2.24, 2.45) is 0 Å². The van der Waals surface area contributed by atoms with Crippen LogP contribution >= 0.6 is 15.9 Å². The van der Waals surface area contributed by atoms with E-state index < -0.39 is 17.8 Å². The van der Waals surface area contributed by atoms with Crippen molar-refractivity contribution in [2.75, 3.05) is 14.2 Å². The quantitative estimate of drug-likeness (QED) is 0.434. The number of halogens is 2. The van der Waals surface area contributed by atoms with E-state index in [0.29, 0.717) is 16.8 Å². The predicted octanol–water partition coefficient (Wildman–Crippen LogP) is 4.15. The van der Waals surface area contributed by atoms with Gasteiger partial charge in [-0.25, -0.2) is 18.7 Å². The Morgan fingerprint density at radius 3 is 2.32 bits per heavy atom. The highest BCUT2D eigenvalue weighted by Gasteiger charge is 2.32. The molecule has 2 aromatic carbocycles. The van der Waals surface area contributed by atoms with Crippen LogP contribution < -0.4 is 0 Å². The zero-order valence-corrected chi connectivity index (χ0v) is 16.7. The molecular weight excluding hydrogens is 431 g/mol. The van der Waals surface area contributed by atoms with Gasteiger partial charge in [-0.2, -0.15) is 5.10 Å². The molecule has 0 aliphatic heterocycles. The van der Waals surface area contributed by atoms with Crippen LogP contribution in [0, 0.1) is 5.82 Å². The Labute approximate surface area is 169 Å². The van der Waals surface area contributed by atoms with Crippen LogP contribution in [0.1, 0.15) is 26.4 Å². The molecule has 0 radical (unpaired) electrons. The Hall–Kier alpha value is -3.00. The number of esters is 2. The Kier molecular flexibility index (Phi) is 5.89. The van der Waals surface area contributed by atoms with Crippen LogP contribution in [0.15, 0.2) is 48.5 Å². The minimum absolute atomic E-state index is 0.0917. The van der Waals surface area contributed by atoms with Crippen molar-refractivity contribution in [3.8, 4) is 16.9 Å². The van der Waals surface area contributed by atoms with Crippen molar-refractivity contribution in [3.05, 3.63) is 71.2 Å². The van der Waals surface area contributed by atoms with E-state index in [0.717, 1.165) is 0 Å². The highest BCUT2D eigenvalue weighted by molar-refractivity contribution is 9.08. The lowest BCUT2D eigenvalue weighted by Gasteiger charge is -2.08. The Bertz CT molecular complexity index is 1030. The van der Waals surface area contributed by atoms with Crippen molar-refractivity contribution in [1.29, 1.82) is 0 Å². The fourth-order valence-electron chi connectivity index (χ4n) is 2.86. The van der Waals surface area contributed by atoms with Gasteiger partial charge in [0.2, 0.25) is 0 Å². The Morgan fingerprint density at radius 2 is 1.71 bits per heavy atom. The molecule has 0 saturated heterocycles. The molecule has 0 bridgehead atoms. The van der Waals surface area contributed by atoms with Gasteiger partial charge in [-0.3, -0.25) is 0 Å². The smallest absolute Gasteiger partial charge is 0.357 e. The van der Waals surface area contributed by atoms with E-state index in [2.05, 4.69) is 21.0 Å². The van der Waals surface area contributed by atoms with Crippen LogP contribution in [-0.4, -0.2) is 35.9 Å². The largest absolute Gasteiger partial charge is 0.465 e. The molecule has 0 unspecified atom stereocenters. The molecule has 0 fully saturated rings. The third-order valence-electron chi connectivity index (χ3n) is 4.16. The zero-order chi connectivity index (χ0) is 20.3. The van der Waals surface area contributed by atoms with E-state index in [-0.39, 0.29) is 22.3 Å². The summed E-state index contributed by atoms with van der Waals surface area (Å²) in [5.41, 5.74) is 1.16. The molecule has 0 atom stereocenters. The van der Waals surface area contributed by atoms with Crippen LogP contribution in [0.4, 0.5) is 4.39 Å². The molecule has 28 heavy (non-hydrogen) atoms. The zero-order valence-electron chi connectivity index (χ0n) is 15.1. The van der Waals surface area contributed by atoms with Crippen LogP contribution in [0.3, 0.4) is 0 Å². The van der Waals surface area contributed by atoms with Crippen LogP contribution in [-0.2, 0) is 14.8 Å². The summed E-state index contributed by atoms with van der Waals surface area (Å²) in [6, 6.07) is 13.2. The molecule has 3 aromatic rings. The molecule has 0 amide bonds. The van der Waals surface area contributed by atoms with Gasteiger partial charge < -0.3 is 9.47 Å². The Morgan fingerprint density at radius 1 is 1.04 bits per heavy atom. The molecule has 8 heteroatoms. The summed E-state index contributed by atoms with van der Waals surface area (Å²) in [7, 11) is 2.40. The first-order chi connectivity index (χ1) is 13.5. The maximum absolute atomic E-state index is 14.3. The molecule has 1 aromatic heterocycles. The molecule has 0 aliphatic rings. The van der Waals surface area contributed by atoms with Crippen LogP contribution in [0.25, 0.3) is 16.9 Å². The highest BCUT2D eigenvalue weighted by Crippen LogP contribution is 2.33. The lowest BCUT2D eigenvalue weighted by molar-refractivity contribution is 0.0549. The SMILES string of the molecule is COC(=O)c1c(-c2cccc(F)c2CBr)nn(-c2ccccc2)c1C(=O)OC.